The molecule has 1 heterocycles. The molecule has 0 saturated heterocycles. The van der Waals surface area contributed by atoms with Gasteiger partial charge in [-0.15, -0.1) is 0 Å². The Morgan fingerprint density at radius 3 is 1.62 bits per heavy atom. The molecule has 27 heteroatoms. The van der Waals surface area contributed by atoms with Gasteiger partial charge in [0.25, 0.3) is 60.7 Å². The van der Waals surface area contributed by atoms with Crippen molar-refractivity contribution in [3.8, 4) is 22.5 Å². The van der Waals surface area contributed by atoms with Gasteiger partial charge < -0.3 is 9.73 Å². The van der Waals surface area contributed by atoms with Crippen LogP contribution in [-0.2, 0) is 73.8 Å². The molecule has 0 bridgehead atoms. The summed E-state index contributed by atoms with van der Waals surface area (Å²) < 4.78 is 214. The van der Waals surface area contributed by atoms with Crippen molar-refractivity contribution in [1.82, 2.24) is 0 Å². The molecule has 4 aromatic rings. The molecule has 21 nitrogen and oxygen atoms in total. The number of rotatable bonds is 12. The Labute approximate surface area is 346 Å². The standard InChI is InChI=1S/C34H28N2O19S6/c1-18-4-2-3-5-23(18)30-24-10-12-26(35-16-19-6-8-21(56(37,38)39)14-28(19)58(43,44)45)33(60(49,50)51)31(24)55-32-25(30)11-13-27(34(32)61(52,53)54)36-17-20-7-9-22(57(40,41)42)15-29(20)59(46,47)48/h2-15,35H,16-17H2,1H3,(H,37,38,39)(H,40,41,42)(H,43,44,45)(H,46,47,48)(H,49,50,51)(H,52,53,54). The van der Waals surface area contributed by atoms with E-state index in [9.17, 15) is 77.8 Å². The van der Waals surface area contributed by atoms with Gasteiger partial charge in [0.1, 0.15) is 9.79 Å². The molecule has 1 aliphatic heterocycles. The predicted molar refractivity (Wildman–Crippen MR) is 211 cm³/mol. The molecule has 6 rings (SSSR count). The van der Waals surface area contributed by atoms with E-state index in [0.717, 1.165) is 36.4 Å². The monoisotopic (exact) mass is 960 g/mol. The molecule has 7 N–H and O–H groups in total. The van der Waals surface area contributed by atoms with Crippen LogP contribution in [0.5, 0.6) is 0 Å². The van der Waals surface area contributed by atoms with Crippen LogP contribution in [0.15, 0.2) is 124 Å². The lowest BCUT2D eigenvalue weighted by Gasteiger charge is -2.21. The first-order valence-corrected chi connectivity index (χ1v) is 25.1. The number of benzene rings is 5. The number of anilines is 1. The zero-order chi connectivity index (χ0) is 45.2. The first-order valence-electron chi connectivity index (χ1n) is 16.5. The van der Waals surface area contributed by atoms with Gasteiger partial charge in [-0.2, -0.15) is 50.5 Å². The molecule has 0 radical (unpaired) electrons. The van der Waals surface area contributed by atoms with Crippen molar-refractivity contribution < 1.29 is 82.2 Å². The molecule has 0 atom stereocenters. The van der Waals surface area contributed by atoms with Gasteiger partial charge in [0.15, 0.2) is 21.1 Å². The Kier molecular flexibility index (Phi) is 11.6. The summed E-state index contributed by atoms with van der Waals surface area (Å²) in [6.07, 6.45) is 0. The molecule has 1 aliphatic carbocycles. The van der Waals surface area contributed by atoms with Gasteiger partial charge >= 0.3 is 0 Å². The number of hydrogen-bond donors (Lipinski definition) is 7. The van der Waals surface area contributed by atoms with E-state index in [1.165, 1.54) is 12.1 Å². The number of hydrogen-bond acceptors (Lipinski definition) is 15. The van der Waals surface area contributed by atoms with Crippen LogP contribution in [0.2, 0.25) is 0 Å². The second kappa shape index (κ2) is 15.6. The lowest BCUT2D eigenvalue weighted by molar-refractivity contribution is 0.473. The third kappa shape index (κ3) is 9.37. The number of aryl methyl sites for hydroxylation is 1. The van der Waals surface area contributed by atoms with Gasteiger partial charge in [-0.1, -0.05) is 36.4 Å². The quantitative estimate of drug-likeness (QED) is 0.0679. The molecule has 0 amide bonds. The first kappa shape index (κ1) is 45.4. The van der Waals surface area contributed by atoms with Crippen LogP contribution in [-0.4, -0.2) is 77.8 Å². The highest BCUT2D eigenvalue weighted by molar-refractivity contribution is 7.87. The van der Waals surface area contributed by atoms with Crippen LogP contribution in [0.3, 0.4) is 0 Å². The molecule has 0 unspecified atom stereocenters. The van der Waals surface area contributed by atoms with E-state index in [1.807, 2.05) is 0 Å². The topological polar surface area (TPSA) is 364 Å². The molecule has 61 heavy (non-hydrogen) atoms. The Morgan fingerprint density at radius 2 is 1.10 bits per heavy atom. The summed E-state index contributed by atoms with van der Waals surface area (Å²) >= 11 is 0. The fourth-order valence-electron chi connectivity index (χ4n) is 6.38. The van der Waals surface area contributed by atoms with Crippen molar-refractivity contribution in [3.63, 3.8) is 0 Å². The Hall–Kier alpha value is -5.17. The third-order valence-corrected chi connectivity index (χ3v) is 14.4. The van der Waals surface area contributed by atoms with Crippen molar-refractivity contribution in [1.29, 1.82) is 0 Å². The van der Waals surface area contributed by atoms with E-state index in [0.29, 0.717) is 23.3 Å². The van der Waals surface area contributed by atoms with Gasteiger partial charge in [0.05, 0.1) is 27.4 Å². The Balaban J connectivity index is 1.67. The van der Waals surface area contributed by atoms with Crippen molar-refractivity contribution in [2.24, 2.45) is 4.99 Å². The maximum absolute atomic E-state index is 13.2. The minimum atomic E-state index is -5.48. The van der Waals surface area contributed by atoms with Crippen LogP contribution in [0.4, 0.5) is 5.69 Å². The molecule has 0 fully saturated rings. The highest BCUT2D eigenvalue weighted by atomic mass is 32.2. The minimum absolute atomic E-state index is 0.0752. The van der Waals surface area contributed by atoms with E-state index >= 15 is 0 Å². The Morgan fingerprint density at radius 1 is 0.557 bits per heavy atom. The van der Waals surface area contributed by atoms with Crippen LogP contribution in [0.25, 0.3) is 33.4 Å². The molecule has 0 aromatic heterocycles. The average molecular weight is 961 g/mol. The van der Waals surface area contributed by atoms with E-state index in [1.54, 1.807) is 31.2 Å². The van der Waals surface area contributed by atoms with Crippen molar-refractivity contribution in [2.75, 3.05) is 5.32 Å². The number of nitrogens with zero attached hydrogens (tertiary/aromatic N) is 1. The fraction of sp³-hybridized carbons (Fsp3) is 0.0882. The van der Waals surface area contributed by atoms with Gasteiger partial charge in [-0.05, 0) is 77.7 Å². The maximum Gasteiger partial charge on any atom is 0.300 e. The van der Waals surface area contributed by atoms with Crippen molar-refractivity contribution in [2.45, 2.75) is 49.4 Å². The minimum Gasteiger partial charge on any atom is -0.453 e. The lowest BCUT2D eigenvalue weighted by atomic mass is 9.91. The molecule has 2 aliphatic rings. The second-order valence-electron chi connectivity index (χ2n) is 13.0. The van der Waals surface area contributed by atoms with Gasteiger partial charge in [-0.25, -0.2) is 0 Å². The normalized spacial score (nSPS) is 13.5. The molecule has 0 saturated carbocycles. The van der Waals surface area contributed by atoms with Crippen molar-refractivity contribution in [3.05, 3.63) is 107 Å². The smallest absolute Gasteiger partial charge is 0.300 e. The summed E-state index contributed by atoms with van der Waals surface area (Å²) in [5.41, 5.74) is -1.24. The summed E-state index contributed by atoms with van der Waals surface area (Å²) in [5.74, 6) is -0.775. The summed E-state index contributed by atoms with van der Waals surface area (Å²) in [4.78, 5) is -2.05. The maximum atomic E-state index is 13.2. The molecule has 0 spiro atoms. The molecule has 4 aromatic carbocycles. The van der Waals surface area contributed by atoms with E-state index in [4.69, 9.17) is 4.42 Å². The second-order valence-corrected chi connectivity index (χ2v) is 21.3. The SMILES string of the molecule is Cc1ccccc1-c1c2ccc(=NCc3ccc(S(=O)(=O)O)cc3S(=O)(=O)O)c(S(=O)(=O)O)c-2oc2c(S(=O)(=O)O)c(NCc3ccc(S(=O)(=O)O)cc3S(=O)(=O)O)ccc12. The number of nitrogens with one attached hydrogen (secondary N) is 1. The predicted octanol–water partition coefficient (Wildman–Crippen LogP) is 3.71. The lowest BCUT2D eigenvalue weighted by Crippen LogP contribution is -2.18. The van der Waals surface area contributed by atoms with Gasteiger partial charge in [0.2, 0.25) is 0 Å². The van der Waals surface area contributed by atoms with Gasteiger partial charge in [0, 0.05) is 23.1 Å². The first-order chi connectivity index (χ1) is 28.0. The summed E-state index contributed by atoms with van der Waals surface area (Å²) in [6.45, 7) is 0.0851. The van der Waals surface area contributed by atoms with E-state index < -0.39 is 131 Å². The van der Waals surface area contributed by atoms with Gasteiger partial charge in [-0.3, -0.25) is 32.3 Å². The zero-order valence-electron chi connectivity index (χ0n) is 30.4. The van der Waals surface area contributed by atoms with Crippen LogP contribution < -0.4 is 10.7 Å². The van der Waals surface area contributed by atoms with E-state index in [-0.39, 0.29) is 22.1 Å². The summed E-state index contributed by atoms with van der Waals surface area (Å²) in [5, 5.41) is 1.81. The fourth-order valence-corrected chi connectivity index (χ4v) is 10.6. The van der Waals surface area contributed by atoms with Crippen LogP contribution >= 0.6 is 0 Å². The zero-order valence-corrected chi connectivity index (χ0v) is 35.3. The van der Waals surface area contributed by atoms with E-state index in [2.05, 4.69) is 10.3 Å². The van der Waals surface area contributed by atoms with Crippen LogP contribution in [0.1, 0.15) is 16.7 Å². The highest BCUT2D eigenvalue weighted by Gasteiger charge is 2.32. The molecular weight excluding hydrogens is 933 g/mol. The summed E-state index contributed by atoms with van der Waals surface area (Å²) in [7, 11) is -31.3. The molecule has 324 valence electrons. The summed E-state index contributed by atoms with van der Waals surface area (Å²) in [6, 6.07) is 15.2. The highest BCUT2D eigenvalue weighted by Crippen LogP contribution is 2.46. The number of fused-ring (bicyclic) bond motifs is 2. The Bertz CT molecular complexity index is 3570. The largest absolute Gasteiger partial charge is 0.453 e. The average Bonchev–Trinajstić information content (AvgIpc) is 3.12. The third-order valence-electron chi connectivity index (χ3n) is 8.99. The molecular formula is C34H28N2O19S6. The van der Waals surface area contributed by atoms with Crippen molar-refractivity contribution >= 4 is 77.4 Å². The van der Waals surface area contributed by atoms with Crippen LogP contribution in [0, 0.1) is 6.92 Å².